The number of carbonyl (C=O) groups is 1. The van der Waals surface area contributed by atoms with Crippen LogP contribution in [0.5, 0.6) is 5.75 Å². The number of nitrogens with zero attached hydrogens (tertiary/aromatic N) is 1. The van der Waals surface area contributed by atoms with Crippen molar-refractivity contribution in [2.24, 2.45) is 0 Å². The molecule has 0 unspecified atom stereocenters. The first kappa shape index (κ1) is 12.3. The van der Waals surface area contributed by atoms with Crippen LogP contribution in [0.4, 0.5) is 5.69 Å². The third-order valence-electron chi connectivity index (χ3n) is 3.42. The first-order chi connectivity index (χ1) is 9.36. The fourth-order valence-corrected chi connectivity index (χ4v) is 2.46. The van der Waals surface area contributed by atoms with Crippen molar-refractivity contribution in [3.63, 3.8) is 0 Å². The Hall–Kier alpha value is -1.75. The SMILES string of the molecule is O=C(c1cccc2c1OCCN2)N1CCCOCC1. The number of ether oxygens (including phenoxy) is 2. The fraction of sp³-hybridized carbons (Fsp3) is 0.500. The van der Waals surface area contributed by atoms with E-state index in [-0.39, 0.29) is 5.91 Å². The molecule has 102 valence electrons. The molecule has 3 rings (SSSR count). The number of fused-ring (bicyclic) bond motifs is 1. The van der Waals surface area contributed by atoms with Crippen molar-refractivity contribution < 1.29 is 14.3 Å². The van der Waals surface area contributed by atoms with Crippen molar-refractivity contribution in [3.05, 3.63) is 23.8 Å². The van der Waals surface area contributed by atoms with Gasteiger partial charge in [0.15, 0.2) is 5.75 Å². The lowest BCUT2D eigenvalue weighted by atomic mass is 10.1. The summed E-state index contributed by atoms with van der Waals surface area (Å²) in [6, 6.07) is 5.67. The van der Waals surface area contributed by atoms with Gasteiger partial charge in [-0.3, -0.25) is 4.79 Å². The highest BCUT2D eigenvalue weighted by Crippen LogP contribution is 2.32. The Kier molecular flexibility index (Phi) is 3.55. The van der Waals surface area contributed by atoms with Crippen LogP contribution < -0.4 is 10.1 Å². The van der Waals surface area contributed by atoms with E-state index in [4.69, 9.17) is 9.47 Å². The highest BCUT2D eigenvalue weighted by Gasteiger charge is 2.23. The quantitative estimate of drug-likeness (QED) is 0.830. The van der Waals surface area contributed by atoms with Gasteiger partial charge in [-0.1, -0.05) is 6.07 Å². The summed E-state index contributed by atoms with van der Waals surface area (Å²) in [7, 11) is 0. The number of benzene rings is 1. The second kappa shape index (κ2) is 5.48. The van der Waals surface area contributed by atoms with E-state index in [1.165, 1.54) is 0 Å². The van der Waals surface area contributed by atoms with Crippen LogP contribution in [0.25, 0.3) is 0 Å². The van der Waals surface area contributed by atoms with Gasteiger partial charge in [-0.25, -0.2) is 0 Å². The van der Waals surface area contributed by atoms with E-state index in [2.05, 4.69) is 5.32 Å². The summed E-state index contributed by atoms with van der Waals surface area (Å²) in [6.07, 6.45) is 0.889. The summed E-state index contributed by atoms with van der Waals surface area (Å²) >= 11 is 0. The van der Waals surface area contributed by atoms with Crippen LogP contribution in [-0.2, 0) is 4.74 Å². The molecule has 0 atom stereocenters. The zero-order valence-corrected chi connectivity index (χ0v) is 10.9. The molecule has 0 spiro atoms. The third kappa shape index (κ3) is 2.51. The zero-order valence-electron chi connectivity index (χ0n) is 10.9. The van der Waals surface area contributed by atoms with Gasteiger partial charge >= 0.3 is 0 Å². The molecule has 1 saturated heterocycles. The van der Waals surface area contributed by atoms with Crippen LogP contribution in [0.1, 0.15) is 16.8 Å². The highest BCUT2D eigenvalue weighted by atomic mass is 16.5. The van der Waals surface area contributed by atoms with Crippen molar-refractivity contribution in [3.8, 4) is 5.75 Å². The summed E-state index contributed by atoms with van der Waals surface area (Å²) in [5.41, 5.74) is 1.55. The number of hydrogen-bond acceptors (Lipinski definition) is 4. The van der Waals surface area contributed by atoms with Crippen molar-refractivity contribution in [1.29, 1.82) is 0 Å². The van der Waals surface area contributed by atoms with E-state index in [1.54, 1.807) is 0 Å². The predicted octanol–water partition coefficient (Wildman–Crippen LogP) is 1.35. The molecule has 1 fully saturated rings. The van der Waals surface area contributed by atoms with Gasteiger partial charge in [-0.05, 0) is 18.6 Å². The Labute approximate surface area is 112 Å². The van der Waals surface area contributed by atoms with Crippen molar-refractivity contribution in [2.45, 2.75) is 6.42 Å². The molecule has 5 heteroatoms. The van der Waals surface area contributed by atoms with E-state index in [0.717, 1.165) is 31.8 Å². The van der Waals surface area contributed by atoms with Gasteiger partial charge in [0.1, 0.15) is 6.61 Å². The van der Waals surface area contributed by atoms with Crippen LogP contribution in [-0.4, -0.2) is 50.3 Å². The van der Waals surface area contributed by atoms with Gasteiger partial charge in [0.05, 0.1) is 17.9 Å². The standard InChI is InChI=1S/C14H18N2O3/c17-14(16-6-2-8-18-10-7-16)11-3-1-4-12-13(11)19-9-5-15-12/h1,3-4,15H,2,5-10H2. The molecular formula is C14H18N2O3. The molecule has 1 aromatic rings. The van der Waals surface area contributed by atoms with Crippen LogP contribution in [0.2, 0.25) is 0 Å². The maximum atomic E-state index is 12.6. The van der Waals surface area contributed by atoms with E-state index in [0.29, 0.717) is 31.1 Å². The Morgan fingerprint density at radius 1 is 1.21 bits per heavy atom. The average molecular weight is 262 g/mol. The minimum atomic E-state index is 0.0334. The number of carbonyl (C=O) groups excluding carboxylic acids is 1. The van der Waals surface area contributed by atoms with E-state index >= 15 is 0 Å². The molecule has 2 aliphatic rings. The predicted molar refractivity (Wildman–Crippen MR) is 71.8 cm³/mol. The van der Waals surface area contributed by atoms with E-state index in [1.807, 2.05) is 23.1 Å². The lowest BCUT2D eigenvalue weighted by Gasteiger charge is -2.25. The van der Waals surface area contributed by atoms with Gasteiger partial charge in [0.2, 0.25) is 0 Å². The summed E-state index contributed by atoms with van der Waals surface area (Å²) < 4.78 is 11.0. The third-order valence-corrected chi connectivity index (χ3v) is 3.42. The van der Waals surface area contributed by atoms with Gasteiger partial charge in [0.25, 0.3) is 5.91 Å². The highest BCUT2D eigenvalue weighted by molar-refractivity contribution is 5.99. The molecule has 19 heavy (non-hydrogen) atoms. The maximum Gasteiger partial charge on any atom is 0.257 e. The van der Waals surface area contributed by atoms with Crippen molar-refractivity contribution in [1.82, 2.24) is 4.90 Å². The molecule has 2 aliphatic heterocycles. The summed E-state index contributed by atoms with van der Waals surface area (Å²) in [6.45, 7) is 4.11. The lowest BCUT2D eigenvalue weighted by Crippen LogP contribution is -2.34. The minimum absolute atomic E-state index is 0.0334. The Bertz CT molecular complexity index is 468. The number of amides is 1. The Balaban J connectivity index is 1.86. The molecule has 5 nitrogen and oxygen atoms in total. The fourth-order valence-electron chi connectivity index (χ4n) is 2.46. The average Bonchev–Trinajstić information content (AvgIpc) is 2.75. The normalized spacial score (nSPS) is 18.8. The molecule has 1 amide bonds. The number of nitrogens with one attached hydrogen (secondary N) is 1. The monoisotopic (exact) mass is 262 g/mol. The summed E-state index contributed by atoms with van der Waals surface area (Å²) in [4.78, 5) is 14.4. The summed E-state index contributed by atoms with van der Waals surface area (Å²) in [5, 5.41) is 3.25. The van der Waals surface area contributed by atoms with Gasteiger partial charge in [-0.15, -0.1) is 0 Å². The molecule has 0 aromatic heterocycles. The molecule has 0 saturated carbocycles. The first-order valence-corrected chi connectivity index (χ1v) is 6.73. The number of rotatable bonds is 1. The van der Waals surface area contributed by atoms with E-state index in [9.17, 15) is 4.79 Å². The minimum Gasteiger partial charge on any atom is -0.489 e. The van der Waals surface area contributed by atoms with Crippen LogP contribution in [0, 0.1) is 0 Å². The maximum absolute atomic E-state index is 12.6. The smallest absolute Gasteiger partial charge is 0.257 e. The number of hydrogen-bond donors (Lipinski definition) is 1. The second-order valence-corrected chi connectivity index (χ2v) is 4.72. The zero-order chi connectivity index (χ0) is 13.1. The molecular weight excluding hydrogens is 244 g/mol. The molecule has 2 heterocycles. The largest absolute Gasteiger partial charge is 0.489 e. The molecule has 1 aromatic carbocycles. The Morgan fingerprint density at radius 3 is 3.11 bits per heavy atom. The molecule has 0 bridgehead atoms. The van der Waals surface area contributed by atoms with Gasteiger partial charge in [0, 0.05) is 26.2 Å². The number of anilines is 1. The van der Waals surface area contributed by atoms with Gasteiger partial charge < -0.3 is 19.7 Å². The Morgan fingerprint density at radius 2 is 2.16 bits per heavy atom. The summed E-state index contributed by atoms with van der Waals surface area (Å²) in [5.74, 6) is 0.718. The molecule has 0 aliphatic carbocycles. The molecule has 0 radical (unpaired) electrons. The van der Waals surface area contributed by atoms with Crippen LogP contribution in [0.3, 0.4) is 0 Å². The topological polar surface area (TPSA) is 50.8 Å². The van der Waals surface area contributed by atoms with Crippen molar-refractivity contribution >= 4 is 11.6 Å². The van der Waals surface area contributed by atoms with E-state index < -0.39 is 0 Å². The first-order valence-electron chi connectivity index (χ1n) is 6.73. The second-order valence-electron chi connectivity index (χ2n) is 4.72. The van der Waals surface area contributed by atoms with Gasteiger partial charge in [-0.2, -0.15) is 0 Å². The van der Waals surface area contributed by atoms with Crippen LogP contribution >= 0.6 is 0 Å². The lowest BCUT2D eigenvalue weighted by molar-refractivity contribution is 0.0737. The molecule has 1 N–H and O–H groups in total. The van der Waals surface area contributed by atoms with Crippen molar-refractivity contribution in [2.75, 3.05) is 44.8 Å². The van der Waals surface area contributed by atoms with Crippen LogP contribution in [0.15, 0.2) is 18.2 Å². The number of para-hydroxylation sites is 1.